The van der Waals surface area contributed by atoms with Crippen molar-refractivity contribution in [2.24, 2.45) is 0 Å². The van der Waals surface area contributed by atoms with Gasteiger partial charge in [-0.1, -0.05) is 297 Å². The predicted octanol–water partition coefficient (Wildman–Crippen LogP) is 34.4. The van der Waals surface area contributed by atoms with E-state index in [1.54, 1.807) is 0 Å². The Morgan fingerprint density at radius 1 is 0.133 bits per heavy atom. The first-order chi connectivity index (χ1) is 74.4. The molecule has 0 atom stereocenters. The van der Waals surface area contributed by atoms with Crippen LogP contribution in [0.3, 0.4) is 0 Å². The molecule has 30 aromatic rings. The number of hydrogen-bond donors (Lipinski definition) is 0. The minimum absolute atomic E-state index is 0.888. The molecule has 13 heteroatoms. The summed E-state index contributed by atoms with van der Waals surface area (Å²) in [5, 5.41) is 10.6. The van der Waals surface area contributed by atoms with Gasteiger partial charge in [0.1, 0.15) is 5.82 Å². The van der Waals surface area contributed by atoms with E-state index in [1.807, 2.05) is 91.6 Å². The number of para-hydroxylation sites is 6. The molecule has 13 nitrogen and oxygen atoms in total. The maximum absolute atomic E-state index is 5.33. The molecule has 150 heavy (non-hydrogen) atoms. The molecule has 0 spiro atoms. The third-order valence-electron chi connectivity index (χ3n) is 29.2. The molecule has 0 unspecified atom stereocenters. The summed E-state index contributed by atoms with van der Waals surface area (Å²) in [6, 6.07) is 180. The smallest absolute Gasteiger partial charge is 0.138 e. The Balaban J connectivity index is 0.000000108. The second kappa shape index (κ2) is 37.1. The SMILES string of the molecule is c1ccc(-c2cc(-c3ccccc3)nc(-n3c4ccccc4c4c(-c5ccc6c(c5)c5ncccc5n6-c5ccccc5)cccc43)c2)cc1.c1ccc(-c2cc(-n3c4ccccc4c4c(-c5ccc6c(c5)c5ncccc5n6-c5ccccc5)cccc43)cc(-c3ccccc3)n2)cc1.c1ccc(-n2c3ccc(-c4cccc5c4c4ccccc4n5-c4cc(-c5ccccn5)cc(-c5ccccn5)c4)cc3c3ncccc32)cc1. The first-order valence-corrected chi connectivity index (χ1v) is 50.6. The normalized spacial score (nSPS) is 11.6. The van der Waals surface area contributed by atoms with Crippen LogP contribution in [0.1, 0.15) is 0 Å². The first kappa shape index (κ1) is 87.4. The van der Waals surface area contributed by atoms with E-state index < -0.39 is 0 Å². The average Bonchev–Trinajstić information content (AvgIpc) is 1.58. The van der Waals surface area contributed by atoms with Gasteiger partial charge in [0.2, 0.25) is 0 Å². The molecule has 0 saturated carbocycles. The fourth-order valence-corrected chi connectivity index (χ4v) is 22.6. The van der Waals surface area contributed by atoms with Crippen molar-refractivity contribution in [2.45, 2.75) is 0 Å². The standard InChI is InChI=1S/2C46H30N4.C45H29N5/c1-4-14-31(15-5-1)34-29-39(32-16-6-2-7-17-32)48-44(30-34)50-40-22-11-10-20-37(40)45-36(21-12-23-42(45)50)33-25-26-41-38(28-33)46-43(24-13-27-47-46)49(41)35-18-8-3-9-19-35;1-4-14-31(15-5-1)39-29-35(30-40(48-39)32-16-6-2-7-17-32)50-41-22-11-10-20-37(41)45-36(21-12-23-43(45)50)33-25-26-42-38(28-33)46-44(24-13-27-47-46)49(42)34-18-8-3-9-19-34;1-2-12-33(13-3-1)49-41-22-21-30(29-37(41)45-43(49)20-11-25-48-45)35-15-10-19-42-44(35)36-14-4-5-18-40(36)50(42)34-27-31(38-16-6-8-23-46-38)26-32(28-34)39-17-7-9-24-47-39/h2*1-30H;1-29H. The molecule has 0 fully saturated rings. The van der Waals surface area contributed by atoms with Gasteiger partial charge in [0.25, 0.3) is 0 Å². The fourth-order valence-electron chi connectivity index (χ4n) is 22.6. The van der Waals surface area contributed by atoms with Crippen molar-refractivity contribution < 1.29 is 0 Å². The molecule has 13 heterocycles. The summed E-state index contributed by atoms with van der Waals surface area (Å²) >= 11 is 0. The molecular formula is C137H89N13. The van der Waals surface area contributed by atoms with Crippen LogP contribution in [0.4, 0.5) is 0 Å². The second-order valence-corrected chi connectivity index (χ2v) is 37.8. The lowest BCUT2D eigenvalue weighted by molar-refractivity contribution is 1.08. The highest BCUT2D eigenvalue weighted by molar-refractivity contribution is 6.21. The summed E-state index contributed by atoms with van der Waals surface area (Å²) in [6.45, 7) is 0. The van der Waals surface area contributed by atoms with Crippen LogP contribution < -0.4 is 0 Å². The monoisotopic (exact) mass is 1920 g/mol. The molecule has 0 aliphatic heterocycles. The van der Waals surface area contributed by atoms with Gasteiger partial charge in [0.15, 0.2) is 0 Å². The van der Waals surface area contributed by atoms with Crippen molar-refractivity contribution in [1.29, 1.82) is 0 Å². The molecule has 0 N–H and O–H groups in total. The highest BCUT2D eigenvalue weighted by Crippen LogP contribution is 2.48. The van der Waals surface area contributed by atoms with Crippen molar-refractivity contribution >= 4 is 131 Å². The Kier molecular flexibility index (Phi) is 21.6. The Morgan fingerprint density at radius 2 is 0.427 bits per heavy atom. The minimum atomic E-state index is 0.888. The fraction of sp³-hybridized carbons (Fsp3) is 0. The zero-order valence-electron chi connectivity index (χ0n) is 81.2. The van der Waals surface area contributed by atoms with Crippen LogP contribution in [0, 0.1) is 0 Å². The van der Waals surface area contributed by atoms with Crippen molar-refractivity contribution in [3.8, 4) is 135 Å². The summed E-state index contributed by atoms with van der Waals surface area (Å²) in [5.41, 5.74) is 41.3. The van der Waals surface area contributed by atoms with E-state index >= 15 is 0 Å². The number of aromatic nitrogens is 13. The maximum Gasteiger partial charge on any atom is 0.138 e. The molecule has 0 saturated heterocycles. The molecule has 30 rings (SSSR count). The van der Waals surface area contributed by atoms with Crippen LogP contribution in [-0.2, 0) is 0 Å². The summed E-state index contributed by atoms with van der Waals surface area (Å²) in [7, 11) is 0. The van der Waals surface area contributed by atoms with Crippen LogP contribution in [0.25, 0.3) is 266 Å². The number of nitrogens with zero attached hydrogens (tertiary/aromatic N) is 13. The van der Waals surface area contributed by atoms with Gasteiger partial charge in [-0.15, -0.1) is 0 Å². The molecule has 0 aliphatic rings. The predicted molar refractivity (Wildman–Crippen MR) is 619 cm³/mol. The topological polar surface area (TPSA) is 120 Å². The van der Waals surface area contributed by atoms with Crippen LogP contribution in [0.15, 0.2) is 541 Å². The van der Waals surface area contributed by atoms with E-state index in [0.717, 1.165) is 217 Å². The third-order valence-corrected chi connectivity index (χ3v) is 29.2. The van der Waals surface area contributed by atoms with Gasteiger partial charge in [0, 0.05) is 130 Å². The van der Waals surface area contributed by atoms with Crippen LogP contribution in [0.2, 0.25) is 0 Å². The van der Waals surface area contributed by atoms with Gasteiger partial charge in [-0.2, -0.15) is 0 Å². The summed E-state index contributed by atoms with van der Waals surface area (Å²) < 4.78 is 14.0. The molecule has 0 radical (unpaired) electrons. The summed E-state index contributed by atoms with van der Waals surface area (Å²) in [6.07, 6.45) is 9.35. The molecule has 0 amide bonds. The lowest BCUT2D eigenvalue weighted by atomic mass is 9.98. The lowest BCUT2D eigenvalue weighted by Gasteiger charge is -2.13. The number of pyridine rings is 7. The molecule has 0 bridgehead atoms. The van der Waals surface area contributed by atoms with E-state index in [-0.39, 0.29) is 0 Å². The van der Waals surface area contributed by atoms with Crippen molar-refractivity contribution in [3.05, 3.63) is 541 Å². The molecule has 13 aromatic heterocycles. The largest absolute Gasteiger partial charge is 0.309 e. The van der Waals surface area contributed by atoms with Gasteiger partial charge in [-0.25, -0.2) is 9.97 Å². The molecule has 0 aliphatic carbocycles. The van der Waals surface area contributed by atoms with E-state index in [4.69, 9.17) is 34.9 Å². The van der Waals surface area contributed by atoms with Gasteiger partial charge in [-0.3, -0.25) is 29.5 Å². The van der Waals surface area contributed by atoms with Gasteiger partial charge in [-0.05, 0) is 257 Å². The van der Waals surface area contributed by atoms with Crippen molar-refractivity contribution in [3.63, 3.8) is 0 Å². The van der Waals surface area contributed by atoms with E-state index in [9.17, 15) is 0 Å². The number of fused-ring (bicyclic) bond motifs is 18. The zero-order valence-corrected chi connectivity index (χ0v) is 81.2. The van der Waals surface area contributed by atoms with Gasteiger partial charge < -0.3 is 22.8 Å². The second-order valence-electron chi connectivity index (χ2n) is 37.8. The Hall–Kier alpha value is -20.4. The summed E-state index contributed by atoms with van der Waals surface area (Å²) in [4.78, 5) is 34.6. The zero-order chi connectivity index (χ0) is 99.1. The quantitative estimate of drug-likeness (QED) is 0.100. The van der Waals surface area contributed by atoms with E-state index in [0.29, 0.717) is 0 Å². The average molecular weight is 1920 g/mol. The Morgan fingerprint density at radius 3 is 0.800 bits per heavy atom. The van der Waals surface area contributed by atoms with Gasteiger partial charge >= 0.3 is 0 Å². The van der Waals surface area contributed by atoms with Crippen molar-refractivity contribution in [2.75, 3.05) is 0 Å². The lowest BCUT2D eigenvalue weighted by Crippen LogP contribution is -2.00. The number of benzene rings is 17. The number of hydrogen-bond acceptors (Lipinski definition) is 7. The van der Waals surface area contributed by atoms with E-state index in [1.165, 1.54) is 49.0 Å². The molecular weight excluding hydrogens is 1830 g/mol. The number of rotatable bonds is 15. The Labute approximate surface area is 863 Å². The third kappa shape index (κ3) is 15.2. The van der Waals surface area contributed by atoms with Gasteiger partial charge in [0.05, 0.1) is 117 Å². The van der Waals surface area contributed by atoms with Crippen molar-refractivity contribution in [1.82, 2.24) is 62.3 Å². The van der Waals surface area contributed by atoms with Crippen LogP contribution in [0.5, 0.6) is 0 Å². The Bertz CT molecular complexity index is 9320. The minimum Gasteiger partial charge on any atom is -0.309 e. The summed E-state index contributed by atoms with van der Waals surface area (Å²) in [5.74, 6) is 0.888. The molecule has 702 valence electrons. The van der Waals surface area contributed by atoms with Crippen LogP contribution in [-0.4, -0.2) is 62.3 Å². The first-order valence-electron chi connectivity index (χ1n) is 50.6. The highest BCUT2D eigenvalue weighted by Gasteiger charge is 2.27. The van der Waals surface area contributed by atoms with E-state index in [2.05, 4.69) is 476 Å². The maximum atomic E-state index is 5.33. The molecule has 17 aromatic carbocycles. The van der Waals surface area contributed by atoms with Crippen LogP contribution >= 0.6 is 0 Å². The highest BCUT2D eigenvalue weighted by atomic mass is 15.1.